The normalized spacial score (nSPS) is 23.9. The molecule has 1 saturated carbocycles. The van der Waals surface area contributed by atoms with Crippen LogP contribution < -0.4 is 5.32 Å². The maximum atomic E-state index is 12.8. The molecule has 1 saturated heterocycles. The molecule has 4 amide bonds. The molecule has 1 spiro atoms. The van der Waals surface area contributed by atoms with Crippen molar-refractivity contribution in [3.63, 3.8) is 0 Å². The predicted octanol–water partition coefficient (Wildman–Crippen LogP) is 2.59. The largest absolute Gasteiger partial charge is 0.331 e. The summed E-state index contributed by atoms with van der Waals surface area (Å²) < 4.78 is 0. The van der Waals surface area contributed by atoms with Gasteiger partial charge in [0.05, 0.1) is 0 Å². The number of hydrogen-bond acceptors (Lipinski definition) is 3. The molecule has 112 valence electrons. The molecule has 0 radical (unpaired) electrons. The second kappa shape index (κ2) is 5.94. The fourth-order valence-corrected chi connectivity index (χ4v) is 3.47. The number of imide groups is 2. The van der Waals surface area contributed by atoms with Crippen LogP contribution in [-0.4, -0.2) is 28.8 Å². The first kappa shape index (κ1) is 15.0. The highest BCUT2D eigenvalue weighted by atomic mass is 16.2. The second-order valence-electron chi connectivity index (χ2n) is 5.93. The van der Waals surface area contributed by atoms with E-state index in [1.165, 1.54) is 4.90 Å². The standard InChI is InChI=1S/C15H24N2O3/c1-3-8-11(4-2)17-13(19)15(9-6-5-7-10-15)12(18)16-14(17)20/h11H,3-10H2,1-2H3,(H,16,18,20). The Morgan fingerprint density at radius 2 is 1.80 bits per heavy atom. The summed E-state index contributed by atoms with van der Waals surface area (Å²) in [6, 6.07) is -0.629. The predicted molar refractivity (Wildman–Crippen MR) is 74.9 cm³/mol. The fraction of sp³-hybridized carbons (Fsp3) is 0.800. The molecule has 1 aliphatic carbocycles. The minimum absolute atomic E-state index is 0.0978. The Morgan fingerprint density at radius 3 is 2.35 bits per heavy atom. The van der Waals surface area contributed by atoms with Crippen LogP contribution >= 0.6 is 0 Å². The molecule has 1 N–H and O–H groups in total. The van der Waals surface area contributed by atoms with Crippen LogP contribution in [-0.2, 0) is 9.59 Å². The molecule has 2 fully saturated rings. The van der Waals surface area contributed by atoms with Crippen molar-refractivity contribution in [2.45, 2.75) is 71.3 Å². The molecule has 20 heavy (non-hydrogen) atoms. The molecule has 5 nitrogen and oxygen atoms in total. The van der Waals surface area contributed by atoms with E-state index in [1.807, 2.05) is 13.8 Å². The van der Waals surface area contributed by atoms with Gasteiger partial charge in [0, 0.05) is 6.04 Å². The van der Waals surface area contributed by atoms with E-state index in [1.54, 1.807) is 0 Å². The van der Waals surface area contributed by atoms with Gasteiger partial charge in [-0.05, 0) is 25.7 Å². The molecule has 1 heterocycles. The fourth-order valence-electron chi connectivity index (χ4n) is 3.47. The molecule has 1 atom stereocenters. The first-order valence-corrected chi connectivity index (χ1v) is 7.76. The van der Waals surface area contributed by atoms with Crippen LogP contribution in [0.4, 0.5) is 4.79 Å². The van der Waals surface area contributed by atoms with Crippen molar-refractivity contribution in [3.8, 4) is 0 Å². The monoisotopic (exact) mass is 280 g/mol. The molecule has 0 aromatic heterocycles. The minimum atomic E-state index is -0.979. The van der Waals surface area contributed by atoms with Gasteiger partial charge in [-0.25, -0.2) is 4.79 Å². The summed E-state index contributed by atoms with van der Waals surface area (Å²) in [5.74, 6) is -0.638. The minimum Gasteiger partial charge on any atom is -0.277 e. The molecule has 0 bridgehead atoms. The number of hydrogen-bond donors (Lipinski definition) is 1. The van der Waals surface area contributed by atoms with Crippen LogP contribution in [0.1, 0.15) is 65.2 Å². The molecule has 2 aliphatic rings. The topological polar surface area (TPSA) is 66.5 Å². The van der Waals surface area contributed by atoms with Gasteiger partial charge >= 0.3 is 6.03 Å². The summed E-state index contributed by atoms with van der Waals surface area (Å²) >= 11 is 0. The number of rotatable bonds is 4. The van der Waals surface area contributed by atoms with Crippen LogP contribution in [0.5, 0.6) is 0 Å². The highest BCUT2D eigenvalue weighted by molar-refractivity contribution is 6.19. The van der Waals surface area contributed by atoms with Crippen LogP contribution in [0.2, 0.25) is 0 Å². The Kier molecular flexibility index (Phi) is 4.45. The van der Waals surface area contributed by atoms with E-state index in [0.717, 1.165) is 38.5 Å². The van der Waals surface area contributed by atoms with Gasteiger partial charge in [-0.1, -0.05) is 39.5 Å². The molecule has 2 rings (SSSR count). The number of carbonyl (C=O) groups is 3. The number of barbiturate groups is 1. The summed E-state index contributed by atoms with van der Waals surface area (Å²) in [6.45, 7) is 4.02. The quantitative estimate of drug-likeness (QED) is 0.805. The Labute approximate surface area is 120 Å². The number of carbonyl (C=O) groups excluding carboxylic acids is 3. The SMILES string of the molecule is CCCC(CC)N1C(=O)NC(=O)C2(CCCCC2)C1=O. The lowest BCUT2D eigenvalue weighted by Crippen LogP contribution is -2.66. The number of nitrogens with zero attached hydrogens (tertiary/aromatic N) is 1. The Bertz CT molecular complexity index is 413. The number of amides is 4. The first-order chi connectivity index (χ1) is 9.56. The Morgan fingerprint density at radius 1 is 1.15 bits per heavy atom. The highest BCUT2D eigenvalue weighted by Gasteiger charge is 2.54. The van der Waals surface area contributed by atoms with E-state index in [4.69, 9.17) is 0 Å². The van der Waals surface area contributed by atoms with Gasteiger partial charge in [0.15, 0.2) is 0 Å². The van der Waals surface area contributed by atoms with Crippen molar-refractivity contribution in [2.24, 2.45) is 5.41 Å². The number of urea groups is 1. The smallest absolute Gasteiger partial charge is 0.277 e. The van der Waals surface area contributed by atoms with Crippen molar-refractivity contribution in [1.82, 2.24) is 10.2 Å². The van der Waals surface area contributed by atoms with Gasteiger partial charge in [-0.3, -0.25) is 19.8 Å². The van der Waals surface area contributed by atoms with Gasteiger partial charge < -0.3 is 0 Å². The van der Waals surface area contributed by atoms with E-state index in [0.29, 0.717) is 12.8 Å². The van der Waals surface area contributed by atoms with Crippen LogP contribution in [0.3, 0.4) is 0 Å². The van der Waals surface area contributed by atoms with Gasteiger partial charge in [-0.2, -0.15) is 0 Å². The van der Waals surface area contributed by atoms with Crippen molar-refractivity contribution >= 4 is 17.8 Å². The molecule has 0 aromatic carbocycles. The maximum Gasteiger partial charge on any atom is 0.331 e. The molecular formula is C15H24N2O3. The van der Waals surface area contributed by atoms with Crippen LogP contribution in [0.15, 0.2) is 0 Å². The summed E-state index contributed by atoms with van der Waals surface area (Å²) in [7, 11) is 0. The van der Waals surface area contributed by atoms with Crippen molar-refractivity contribution in [1.29, 1.82) is 0 Å². The van der Waals surface area contributed by atoms with Crippen LogP contribution in [0, 0.1) is 5.41 Å². The molecule has 0 aromatic rings. The van der Waals surface area contributed by atoms with E-state index >= 15 is 0 Å². The average molecular weight is 280 g/mol. The van der Waals surface area contributed by atoms with Gasteiger partial charge in [0.1, 0.15) is 5.41 Å². The molecule has 1 unspecified atom stereocenters. The van der Waals surface area contributed by atoms with Gasteiger partial charge in [0.25, 0.3) is 0 Å². The molecular weight excluding hydrogens is 256 g/mol. The maximum absolute atomic E-state index is 12.8. The lowest BCUT2D eigenvalue weighted by atomic mass is 9.71. The summed E-state index contributed by atoms with van der Waals surface area (Å²) in [5.41, 5.74) is -0.979. The van der Waals surface area contributed by atoms with E-state index < -0.39 is 11.4 Å². The third-order valence-corrected chi connectivity index (χ3v) is 4.67. The first-order valence-electron chi connectivity index (χ1n) is 7.76. The molecule has 5 heteroatoms. The zero-order valence-corrected chi connectivity index (χ0v) is 12.4. The average Bonchev–Trinajstić information content (AvgIpc) is 2.45. The summed E-state index contributed by atoms with van der Waals surface area (Å²) in [6.07, 6.45) is 6.40. The lowest BCUT2D eigenvalue weighted by Gasteiger charge is -2.43. The zero-order chi connectivity index (χ0) is 14.8. The Balaban J connectivity index is 2.30. The van der Waals surface area contributed by atoms with E-state index in [2.05, 4.69) is 5.32 Å². The summed E-state index contributed by atoms with van der Waals surface area (Å²) in [5, 5.41) is 2.42. The number of nitrogens with one attached hydrogen (secondary N) is 1. The summed E-state index contributed by atoms with van der Waals surface area (Å²) in [4.78, 5) is 38.5. The third-order valence-electron chi connectivity index (χ3n) is 4.67. The van der Waals surface area contributed by atoms with Crippen molar-refractivity contribution in [3.05, 3.63) is 0 Å². The second-order valence-corrected chi connectivity index (χ2v) is 5.93. The third kappa shape index (κ3) is 2.34. The molecule has 1 aliphatic heterocycles. The van der Waals surface area contributed by atoms with Gasteiger partial charge in [-0.15, -0.1) is 0 Å². The van der Waals surface area contributed by atoms with Crippen molar-refractivity contribution < 1.29 is 14.4 Å². The van der Waals surface area contributed by atoms with E-state index in [-0.39, 0.29) is 17.9 Å². The van der Waals surface area contributed by atoms with Crippen LogP contribution in [0.25, 0.3) is 0 Å². The van der Waals surface area contributed by atoms with Crippen molar-refractivity contribution in [2.75, 3.05) is 0 Å². The zero-order valence-electron chi connectivity index (χ0n) is 12.4. The lowest BCUT2D eigenvalue weighted by molar-refractivity contribution is -0.155. The van der Waals surface area contributed by atoms with Gasteiger partial charge in [0.2, 0.25) is 11.8 Å². The van der Waals surface area contributed by atoms with E-state index in [9.17, 15) is 14.4 Å². The Hall–Kier alpha value is -1.39. The highest BCUT2D eigenvalue weighted by Crippen LogP contribution is 2.41.